The molecule has 0 spiro atoms. The van der Waals surface area contributed by atoms with Crippen LogP contribution in [0.25, 0.3) is 11.4 Å². The van der Waals surface area contributed by atoms with Gasteiger partial charge in [0.15, 0.2) is 5.82 Å². The molecule has 0 aliphatic carbocycles. The van der Waals surface area contributed by atoms with E-state index >= 15 is 0 Å². The second-order valence-electron chi connectivity index (χ2n) is 9.42. The lowest BCUT2D eigenvalue weighted by molar-refractivity contribution is -0.134. The second kappa shape index (κ2) is 12.6. The number of nitrogens with one attached hydrogen (secondary N) is 1. The van der Waals surface area contributed by atoms with Gasteiger partial charge in [0.05, 0.1) is 13.2 Å². The first-order chi connectivity index (χ1) is 17.5. The largest absolute Gasteiger partial charge is 0.494 e. The first kappa shape index (κ1) is 25.8. The molecule has 10 heteroatoms. The van der Waals surface area contributed by atoms with Crippen LogP contribution in [-0.2, 0) is 16.0 Å². The number of nitrogens with zero attached hydrogens (tertiary/aromatic N) is 5. The number of carbonyl (C=O) groups excluding carboxylic acids is 2. The van der Waals surface area contributed by atoms with Crippen LogP contribution in [-0.4, -0.2) is 94.1 Å². The van der Waals surface area contributed by atoms with Crippen LogP contribution in [0.4, 0.5) is 0 Å². The molecule has 2 aromatic rings. The number of carbonyl (C=O) groups is 2. The Kier molecular flexibility index (Phi) is 9.05. The minimum atomic E-state index is -0.332. The summed E-state index contributed by atoms with van der Waals surface area (Å²) in [6.07, 6.45) is 4.69. The van der Waals surface area contributed by atoms with Crippen LogP contribution in [0, 0.1) is 0 Å². The van der Waals surface area contributed by atoms with Crippen molar-refractivity contribution in [1.82, 2.24) is 29.9 Å². The van der Waals surface area contributed by atoms with Crippen molar-refractivity contribution in [3.63, 3.8) is 0 Å². The Morgan fingerprint density at radius 2 is 1.64 bits per heavy atom. The summed E-state index contributed by atoms with van der Waals surface area (Å²) in [5, 5.41) is 8.25. The molecule has 0 atom stereocenters. The number of benzene rings is 1. The SMILES string of the molecule is CCCCOc1ccc(-c2nnc(CCC(=O)N3CCN(CC(=O)N4CCCC4)CC3)c(=O)[nH]2)cc1. The van der Waals surface area contributed by atoms with Crippen molar-refractivity contribution in [2.75, 3.05) is 52.4 Å². The molecule has 1 N–H and O–H groups in total. The number of aromatic nitrogens is 3. The number of H-pyrrole nitrogens is 1. The van der Waals surface area contributed by atoms with Crippen molar-refractivity contribution in [3.05, 3.63) is 40.3 Å². The number of aromatic amines is 1. The quantitative estimate of drug-likeness (QED) is 0.499. The summed E-state index contributed by atoms with van der Waals surface area (Å²) in [6.45, 7) is 7.48. The van der Waals surface area contributed by atoms with E-state index in [-0.39, 0.29) is 35.9 Å². The summed E-state index contributed by atoms with van der Waals surface area (Å²) >= 11 is 0. The van der Waals surface area contributed by atoms with Gasteiger partial charge in [-0.15, -0.1) is 10.2 Å². The molecule has 4 rings (SSSR count). The molecule has 2 amide bonds. The molecule has 2 saturated heterocycles. The molecule has 194 valence electrons. The topological polar surface area (TPSA) is 112 Å². The lowest BCUT2D eigenvalue weighted by atomic mass is 10.2. The van der Waals surface area contributed by atoms with Gasteiger partial charge in [-0.3, -0.25) is 19.3 Å². The van der Waals surface area contributed by atoms with E-state index in [2.05, 4.69) is 27.0 Å². The van der Waals surface area contributed by atoms with E-state index in [0.29, 0.717) is 45.2 Å². The Morgan fingerprint density at radius 3 is 2.31 bits per heavy atom. The van der Waals surface area contributed by atoms with Gasteiger partial charge >= 0.3 is 0 Å². The number of amides is 2. The average Bonchev–Trinajstić information content (AvgIpc) is 3.44. The van der Waals surface area contributed by atoms with Crippen LogP contribution < -0.4 is 10.3 Å². The molecule has 2 aliphatic heterocycles. The van der Waals surface area contributed by atoms with Crippen LogP contribution in [0.15, 0.2) is 29.1 Å². The predicted octanol–water partition coefficient (Wildman–Crippen LogP) is 1.71. The molecule has 0 saturated carbocycles. The number of piperazine rings is 1. The van der Waals surface area contributed by atoms with Gasteiger partial charge in [-0.05, 0) is 43.5 Å². The Labute approximate surface area is 211 Å². The second-order valence-corrected chi connectivity index (χ2v) is 9.42. The smallest absolute Gasteiger partial charge is 0.273 e. The van der Waals surface area contributed by atoms with Gasteiger partial charge < -0.3 is 19.5 Å². The lowest BCUT2D eigenvalue weighted by Gasteiger charge is -2.35. The van der Waals surface area contributed by atoms with Gasteiger partial charge in [-0.25, -0.2) is 0 Å². The molecule has 36 heavy (non-hydrogen) atoms. The van der Waals surface area contributed by atoms with Gasteiger partial charge in [-0.1, -0.05) is 13.3 Å². The summed E-state index contributed by atoms with van der Waals surface area (Å²) in [6, 6.07) is 7.37. The summed E-state index contributed by atoms with van der Waals surface area (Å²) < 4.78 is 5.66. The summed E-state index contributed by atoms with van der Waals surface area (Å²) in [7, 11) is 0. The molecular weight excluding hydrogens is 460 g/mol. The Morgan fingerprint density at radius 1 is 0.944 bits per heavy atom. The molecule has 0 unspecified atom stereocenters. The highest BCUT2D eigenvalue weighted by molar-refractivity contribution is 5.79. The van der Waals surface area contributed by atoms with E-state index in [1.165, 1.54) is 0 Å². The van der Waals surface area contributed by atoms with Crippen LogP contribution in [0.3, 0.4) is 0 Å². The van der Waals surface area contributed by atoms with Gasteiger partial charge in [-0.2, -0.15) is 0 Å². The monoisotopic (exact) mass is 496 g/mol. The molecule has 2 aliphatic rings. The van der Waals surface area contributed by atoms with Crippen molar-refractivity contribution in [2.45, 2.75) is 45.4 Å². The number of hydrogen-bond acceptors (Lipinski definition) is 7. The molecule has 3 heterocycles. The van der Waals surface area contributed by atoms with E-state index in [1.807, 2.05) is 29.2 Å². The summed E-state index contributed by atoms with van der Waals surface area (Å²) in [5.41, 5.74) is 0.661. The Hall–Kier alpha value is -3.27. The third kappa shape index (κ3) is 6.90. The molecule has 10 nitrogen and oxygen atoms in total. The number of hydrogen-bond donors (Lipinski definition) is 1. The van der Waals surface area contributed by atoms with Gasteiger partial charge in [0, 0.05) is 57.7 Å². The average molecular weight is 497 g/mol. The number of unbranched alkanes of at least 4 members (excludes halogenated alkanes) is 1. The van der Waals surface area contributed by atoms with E-state index < -0.39 is 0 Å². The maximum absolute atomic E-state index is 12.7. The molecule has 1 aromatic carbocycles. The standard InChI is InChI=1S/C26H36N6O4/c1-2-3-18-36-21-8-6-20(7-9-21)25-27-26(35)22(28-29-25)10-11-23(33)32-16-14-30(15-17-32)19-24(34)31-12-4-5-13-31/h6-9H,2-5,10-19H2,1H3,(H,27,29,35). The van der Waals surface area contributed by atoms with E-state index in [9.17, 15) is 14.4 Å². The molecular formula is C26H36N6O4. The van der Waals surface area contributed by atoms with E-state index in [4.69, 9.17) is 4.74 Å². The lowest BCUT2D eigenvalue weighted by Crippen LogP contribution is -2.51. The fourth-order valence-corrected chi connectivity index (χ4v) is 4.49. The number of ether oxygens (including phenoxy) is 1. The number of rotatable bonds is 10. The van der Waals surface area contributed by atoms with Crippen molar-refractivity contribution in [2.24, 2.45) is 0 Å². The van der Waals surface area contributed by atoms with Crippen LogP contribution in [0.1, 0.15) is 44.7 Å². The summed E-state index contributed by atoms with van der Waals surface area (Å²) in [4.78, 5) is 46.2. The highest BCUT2D eigenvalue weighted by Gasteiger charge is 2.25. The van der Waals surface area contributed by atoms with Gasteiger partial charge in [0.25, 0.3) is 5.56 Å². The molecule has 0 radical (unpaired) electrons. The van der Waals surface area contributed by atoms with Crippen LogP contribution in [0.2, 0.25) is 0 Å². The van der Waals surface area contributed by atoms with Crippen molar-refractivity contribution in [1.29, 1.82) is 0 Å². The van der Waals surface area contributed by atoms with Crippen LogP contribution >= 0.6 is 0 Å². The zero-order valence-corrected chi connectivity index (χ0v) is 21.1. The minimum Gasteiger partial charge on any atom is -0.494 e. The Balaban J connectivity index is 1.23. The predicted molar refractivity (Wildman–Crippen MR) is 136 cm³/mol. The van der Waals surface area contributed by atoms with E-state index in [1.54, 1.807) is 4.90 Å². The van der Waals surface area contributed by atoms with Gasteiger partial charge in [0.1, 0.15) is 11.4 Å². The number of aryl methyl sites for hydroxylation is 1. The zero-order chi connectivity index (χ0) is 25.3. The fraction of sp³-hybridized carbons (Fsp3) is 0.577. The normalized spacial score (nSPS) is 16.4. The fourth-order valence-electron chi connectivity index (χ4n) is 4.49. The third-order valence-corrected chi connectivity index (χ3v) is 6.78. The van der Waals surface area contributed by atoms with E-state index in [0.717, 1.165) is 50.1 Å². The molecule has 0 bridgehead atoms. The van der Waals surface area contributed by atoms with Crippen LogP contribution in [0.5, 0.6) is 5.75 Å². The highest BCUT2D eigenvalue weighted by atomic mass is 16.5. The maximum atomic E-state index is 12.7. The Bertz CT molecular complexity index is 1070. The summed E-state index contributed by atoms with van der Waals surface area (Å²) in [5.74, 6) is 1.33. The first-order valence-electron chi connectivity index (χ1n) is 13.0. The maximum Gasteiger partial charge on any atom is 0.273 e. The minimum absolute atomic E-state index is 0.00976. The highest BCUT2D eigenvalue weighted by Crippen LogP contribution is 2.18. The van der Waals surface area contributed by atoms with Crippen molar-refractivity contribution < 1.29 is 14.3 Å². The number of likely N-dealkylation sites (tertiary alicyclic amines) is 1. The van der Waals surface area contributed by atoms with Crippen molar-refractivity contribution >= 4 is 11.8 Å². The zero-order valence-electron chi connectivity index (χ0n) is 21.1. The molecule has 2 fully saturated rings. The van der Waals surface area contributed by atoms with Gasteiger partial charge in [0.2, 0.25) is 11.8 Å². The first-order valence-corrected chi connectivity index (χ1v) is 13.0. The third-order valence-electron chi connectivity index (χ3n) is 6.78. The van der Waals surface area contributed by atoms with Crippen molar-refractivity contribution in [3.8, 4) is 17.1 Å². The molecule has 1 aromatic heterocycles.